The number of carbonyl (C=O) groups excluding carboxylic acids is 1. The minimum atomic E-state index is -0.123. The molecule has 1 N–H and O–H groups in total. The van der Waals surface area contributed by atoms with Crippen molar-refractivity contribution in [3.05, 3.63) is 40.6 Å². The van der Waals surface area contributed by atoms with Crippen LogP contribution in [0, 0.1) is 20.8 Å². The van der Waals surface area contributed by atoms with Gasteiger partial charge in [-0.2, -0.15) is 5.10 Å². The van der Waals surface area contributed by atoms with Crippen molar-refractivity contribution in [2.24, 2.45) is 7.05 Å². The van der Waals surface area contributed by atoms with Crippen LogP contribution < -0.4 is 5.32 Å². The zero-order valence-corrected chi connectivity index (χ0v) is 16.1. The maximum atomic E-state index is 12.5. The van der Waals surface area contributed by atoms with E-state index in [2.05, 4.69) is 48.2 Å². The first-order chi connectivity index (χ1) is 12.5. The maximum Gasteiger partial charge on any atom is 0.271 e. The Labute approximate surface area is 155 Å². The average molecular weight is 356 g/mol. The average Bonchev–Trinajstić information content (AvgIpc) is 2.97. The van der Waals surface area contributed by atoms with Crippen LogP contribution in [0.5, 0.6) is 0 Å². The molecule has 2 heterocycles. The van der Waals surface area contributed by atoms with Crippen LogP contribution in [0.1, 0.15) is 27.2 Å². The van der Waals surface area contributed by atoms with Gasteiger partial charge in [-0.1, -0.05) is 17.7 Å². The minimum absolute atomic E-state index is 0.123. The number of rotatable bonds is 5. The van der Waals surface area contributed by atoms with Gasteiger partial charge >= 0.3 is 0 Å². The van der Waals surface area contributed by atoms with Crippen LogP contribution in [-0.2, 0) is 11.8 Å². The van der Waals surface area contributed by atoms with Crippen LogP contribution >= 0.6 is 0 Å². The van der Waals surface area contributed by atoms with Crippen LogP contribution in [0.4, 0.5) is 0 Å². The van der Waals surface area contributed by atoms with E-state index in [1.807, 2.05) is 13.1 Å². The normalized spacial score (nSPS) is 15.2. The lowest BCUT2D eigenvalue weighted by molar-refractivity contribution is 0.0383. The van der Waals surface area contributed by atoms with Gasteiger partial charge in [0.2, 0.25) is 0 Å². The third kappa shape index (κ3) is 4.14. The molecule has 1 aromatic heterocycles. The molecule has 0 atom stereocenters. The lowest BCUT2D eigenvalue weighted by Gasteiger charge is -2.26. The summed E-state index contributed by atoms with van der Waals surface area (Å²) in [7, 11) is 1.89. The number of aromatic nitrogens is 2. The van der Waals surface area contributed by atoms with E-state index < -0.39 is 0 Å². The van der Waals surface area contributed by atoms with Gasteiger partial charge in [0.1, 0.15) is 0 Å². The number of aryl methyl sites for hydroxylation is 4. The van der Waals surface area contributed by atoms with Gasteiger partial charge in [-0.25, -0.2) is 0 Å². The van der Waals surface area contributed by atoms with Crippen molar-refractivity contribution in [2.75, 3.05) is 39.4 Å². The van der Waals surface area contributed by atoms with Crippen LogP contribution in [0.3, 0.4) is 0 Å². The highest BCUT2D eigenvalue weighted by molar-refractivity contribution is 5.93. The summed E-state index contributed by atoms with van der Waals surface area (Å²) in [5.74, 6) is -0.123. The second-order valence-corrected chi connectivity index (χ2v) is 7.02. The fourth-order valence-corrected chi connectivity index (χ4v) is 3.64. The Morgan fingerprint density at radius 3 is 2.46 bits per heavy atom. The molecule has 3 rings (SSSR count). The number of amides is 1. The molecule has 1 amide bonds. The molecule has 1 saturated heterocycles. The molecule has 2 aromatic rings. The summed E-state index contributed by atoms with van der Waals surface area (Å²) in [6.07, 6.45) is 0. The van der Waals surface area contributed by atoms with Gasteiger partial charge in [-0.05, 0) is 38.0 Å². The number of carbonyl (C=O) groups is 1. The van der Waals surface area contributed by atoms with E-state index in [4.69, 9.17) is 4.74 Å². The maximum absolute atomic E-state index is 12.5. The van der Waals surface area contributed by atoms with Crippen LogP contribution in [0.15, 0.2) is 18.2 Å². The number of ether oxygens (including phenoxy) is 1. The Morgan fingerprint density at radius 2 is 1.81 bits per heavy atom. The quantitative estimate of drug-likeness (QED) is 0.891. The van der Waals surface area contributed by atoms with E-state index in [9.17, 15) is 4.79 Å². The van der Waals surface area contributed by atoms with Gasteiger partial charge in [0.25, 0.3) is 5.91 Å². The molecule has 0 bridgehead atoms. The number of morpholine rings is 1. The Balaban J connectivity index is 1.68. The summed E-state index contributed by atoms with van der Waals surface area (Å²) in [5, 5.41) is 7.41. The fraction of sp³-hybridized carbons (Fsp3) is 0.500. The predicted octanol–water partition coefficient (Wildman–Crippen LogP) is 2.07. The molecule has 0 aliphatic carbocycles. The van der Waals surface area contributed by atoms with E-state index in [1.54, 1.807) is 4.68 Å². The minimum Gasteiger partial charge on any atom is -0.379 e. The third-order valence-corrected chi connectivity index (χ3v) is 4.86. The summed E-state index contributed by atoms with van der Waals surface area (Å²) in [4.78, 5) is 14.8. The van der Waals surface area contributed by atoms with E-state index in [-0.39, 0.29) is 5.91 Å². The van der Waals surface area contributed by atoms with Gasteiger partial charge in [0.05, 0.1) is 18.9 Å². The van der Waals surface area contributed by atoms with E-state index >= 15 is 0 Å². The monoisotopic (exact) mass is 356 g/mol. The van der Waals surface area contributed by atoms with Crippen molar-refractivity contribution in [3.8, 4) is 11.3 Å². The summed E-state index contributed by atoms with van der Waals surface area (Å²) in [6.45, 7) is 11.2. The molecule has 1 fully saturated rings. The highest BCUT2D eigenvalue weighted by Gasteiger charge is 2.17. The molecule has 140 valence electrons. The highest BCUT2D eigenvalue weighted by Crippen LogP contribution is 2.28. The topological polar surface area (TPSA) is 59.4 Å². The van der Waals surface area contributed by atoms with Crippen molar-refractivity contribution in [1.82, 2.24) is 20.0 Å². The first kappa shape index (κ1) is 18.6. The first-order valence-corrected chi connectivity index (χ1v) is 9.16. The largest absolute Gasteiger partial charge is 0.379 e. The van der Waals surface area contributed by atoms with Gasteiger partial charge in [0, 0.05) is 38.8 Å². The first-order valence-electron chi connectivity index (χ1n) is 9.16. The molecular weight excluding hydrogens is 328 g/mol. The summed E-state index contributed by atoms with van der Waals surface area (Å²) in [6, 6.07) is 6.21. The Kier molecular flexibility index (Phi) is 5.74. The van der Waals surface area contributed by atoms with Gasteiger partial charge in [0.15, 0.2) is 5.69 Å². The van der Waals surface area contributed by atoms with Crippen molar-refractivity contribution in [3.63, 3.8) is 0 Å². The lowest BCUT2D eigenvalue weighted by atomic mass is 9.97. The Bertz CT molecular complexity index is 768. The number of benzene rings is 1. The molecule has 0 radical (unpaired) electrons. The molecule has 1 aliphatic heterocycles. The zero-order valence-electron chi connectivity index (χ0n) is 16.1. The van der Waals surface area contributed by atoms with E-state index in [0.717, 1.165) is 44.1 Å². The smallest absolute Gasteiger partial charge is 0.271 e. The SMILES string of the molecule is Cc1cc(C)c(-c2cc(C(=O)NCCN3CCOCC3)nn2C)c(C)c1. The molecule has 26 heavy (non-hydrogen) atoms. The van der Waals surface area contributed by atoms with Gasteiger partial charge < -0.3 is 10.1 Å². The third-order valence-electron chi connectivity index (χ3n) is 4.86. The van der Waals surface area contributed by atoms with Gasteiger partial charge in [-0.15, -0.1) is 0 Å². The van der Waals surface area contributed by atoms with Crippen molar-refractivity contribution < 1.29 is 9.53 Å². The molecule has 0 unspecified atom stereocenters. The number of nitrogens with zero attached hydrogens (tertiary/aromatic N) is 3. The summed E-state index contributed by atoms with van der Waals surface area (Å²) < 4.78 is 7.13. The Hall–Kier alpha value is -2.18. The van der Waals surface area contributed by atoms with Crippen molar-refractivity contribution in [2.45, 2.75) is 20.8 Å². The molecular formula is C20H28N4O2. The fourth-order valence-electron chi connectivity index (χ4n) is 3.64. The summed E-state index contributed by atoms with van der Waals surface area (Å²) in [5.41, 5.74) is 6.22. The molecule has 6 nitrogen and oxygen atoms in total. The molecule has 0 spiro atoms. The molecule has 1 aromatic carbocycles. The summed E-state index contributed by atoms with van der Waals surface area (Å²) >= 11 is 0. The second-order valence-electron chi connectivity index (χ2n) is 7.02. The molecule has 0 saturated carbocycles. The van der Waals surface area contributed by atoms with Gasteiger partial charge in [-0.3, -0.25) is 14.4 Å². The molecule has 1 aliphatic rings. The van der Waals surface area contributed by atoms with Crippen LogP contribution in [0.25, 0.3) is 11.3 Å². The van der Waals surface area contributed by atoms with Crippen molar-refractivity contribution in [1.29, 1.82) is 0 Å². The number of hydrogen-bond donors (Lipinski definition) is 1. The molecule has 6 heteroatoms. The van der Waals surface area contributed by atoms with Crippen molar-refractivity contribution >= 4 is 5.91 Å². The zero-order chi connectivity index (χ0) is 18.7. The predicted molar refractivity (Wildman–Crippen MR) is 102 cm³/mol. The van der Waals surface area contributed by atoms with E-state index in [1.165, 1.54) is 16.7 Å². The Morgan fingerprint density at radius 1 is 1.15 bits per heavy atom. The highest BCUT2D eigenvalue weighted by atomic mass is 16.5. The second kappa shape index (κ2) is 8.01. The van der Waals surface area contributed by atoms with E-state index in [0.29, 0.717) is 12.2 Å². The standard InChI is InChI=1S/C20H28N4O2/c1-14-11-15(2)19(16(3)12-14)18-13-17(22-23(18)4)20(25)21-5-6-24-7-9-26-10-8-24/h11-13H,5-10H2,1-4H3,(H,21,25). The number of hydrogen-bond acceptors (Lipinski definition) is 4. The lowest BCUT2D eigenvalue weighted by Crippen LogP contribution is -2.41. The number of nitrogens with one attached hydrogen (secondary N) is 1. The van der Waals surface area contributed by atoms with Crippen LogP contribution in [-0.4, -0.2) is 60.0 Å². The van der Waals surface area contributed by atoms with Crippen LogP contribution in [0.2, 0.25) is 0 Å².